The van der Waals surface area contributed by atoms with Crippen molar-refractivity contribution in [2.45, 2.75) is 51.6 Å². The van der Waals surface area contributed by atoms with Crippen LogP contribution in [0.15, 0.2) is 34.9 Å². The van der Waals surface area contributed by atoms with Crippen molar-refractivity contribution in [3.8, 4) is 5.75 Å². The van der Waals surface area contributed by atoms with Gasteiger partial charge in [-0.15, -0.1) is 0 Å². The maximum atomic E-state index is 12.5. The van der Waals surface area contributed by atoms with E-state index in [0.717, 1.165) is 18.4 Å². The Balaban J connectivity index is 1.61. The first kappa shape index (κ1) is 18.5. The lowest BCUT2D eigenvalue weighted by molar-refractivity contribution is 0.0886. The molecule has 4 unspecified atom stereocenters. The van der Waals surface area contributed by atoms with Gasteiger partial charge in [-0.1, -0.05) is 38.8 Å². The molecule has 0 spiro atoms. The van der Waals surface area contributed by atoms with E-state index in [-0.39, 0.29) is 23.4 Å². The Morgan fingerprint density at radius 3 is 2.81 bits per heavy atom. The molecule has 140 valence electrons. The van der Waals surface area contributed by atoms with Gasteiger partial charge in [0, 0.05) is 6.04 Å². The molecule has 1 aromatic carbocycles. The van der Waals surface area contributed by atoms with Crippen LogP contribution >= 0.6 is 0 Å². The quantitative estimate of drug-likeness (QED) is 0.763. The molecular formula is C20H27N3O3. The van der Waals surface area contributed by atoms with Crippen molar-refractivity contribution in [2.24, 2.45) is 17.6 Å². The standard InChI is InChI=1S/C20H27N3O3/c1-12-4-3-5-17(13(12)2)22-19(25)18-11-26-20(23-18)16(21)10-14-6-8-15(24)9-7-14/h6-9,11-13,16-17,24H,3-5,10,21H2,1-2H3,(H,22,25). The predicted molar refractivity (Wildman–Crippen MR) is 98.7 cm³/mol. The van der Waals surface area contributed by atoms with E-state index in [1.807, 2.05) is 0 Å². The van der Waals surface area contributed by atoms with Gasteiger partial charge >= 0.3 is 0 Å². The molecule has 26 heavy (non-hydrogen) atoms. The molecule has 0 radical (unpaired) electrons. The van der Waals surface area contributed by atoms with Crippen LogP contribution in [0.3, 0.4) is 0 Å². The fraction of sp³-hybridized carbons (Fsp3) is 0.500. The number of oxazole rings is 1. The topological polar surface area (TPSA) is 101 Å². The molecule has 2 aromatic rings. The molecule has 3 rings (SSSR count). The summed E-state index contributed by atoms with van der Waals surface area (Å²) in [6.07, 6.45) is 5.24. The van der Waals surface area contributed by atoms with Gasteiger partial charge in [-0.25, -0.2) is 4.98 Å². The fourth-order valence-electron chi connectivity index (χ4n) is 3.56. The highest BCUT2D eigenvalue weighted by atomic mass is 16.3. The van der Waals surface area contributed by atoms with Crippen LogP contribution in [0.4, 0.5) is 0 Å². The van der Waals surface area contributed by atoms with Crippen LogP contribution in [0.2, 0.25) is 0 Å². The Kier molecular flexibility index (Phi) is 5.61. The molecular weight excluding hydrogens is 330 g/mol. The van der Waals surface area contributed by atoms with Crippen LogP contribution in [-0.2, 0) is 6.42 Å². The van der Waals surface area contributed by atoms with Crippen LogP contribution in [0.1, 0.15) is 61.1 Å². The van der Waals surface area contributed by atoms with Crippen molar-refractivity contribution in [1.82, 2.24) is 10.3 Å². The minimum atomic E-state index is -0.449. The molecule has 1 aliphatic carbocycles. The summed E-state index contributed by atoms with van der Waals surface area (Å²) >= 11 is 0. The summed E-state index contributed by atoms with van der Waals surface area (Å²) in [5.74, 6) is 1.41. The Labute approximate surface area is 153 Å². The number of phenols is 1. The van der Waals surface area contributed by atoms with Crippen LogP contribution < -0.4 is 11.1 Å². The van der Waals surface area contributed by atoms with Crippen LogP contribution in [0.5, 0.6) is 5.75 Å². The Bertz CT molecular complexity index is 741. The number of nitrogens with zero attached hydrogens (tertiary/aromatic N) is 1. The first-order valence-electron chi connectivity index (χ1n) is 9.24. The highest BCUT2D eigenvalue weighted by Gasteiger charge is 2.29. The monoisotopic (exact) mass is 357 g/mol. The predicted octanol–water partition coefficient (Wildman–Crippen LogP) is 3.18. The lowest BCUT2D eigenvalue weighted by Crippen LogP contribution is -2.43. The first-order chi connectivity index (χ1) is 12.4. The maximum absolute atomic E-state index is 12.5. The van der Waals surface area contributed by atoms with Gasteiger partial charge in [-0.2, -0.15) is 0 Å². The molecule has 0 aliphatic heterocycles. The summed E-state index contributed by atoms with van der Waals surface area (Å²) in [7, 11) is 0. The molecule has 1 fully saturated rings. The van der Waals surface area contributed by atoms with Crippen molar-refractivity contribution in [2.75, 3.05) is 0 Å². The first-order valence-corrected chi connectivity index (χ1v) is 9.24. The highest BCUT2D eigenvalue weighted by molar-refractivity contribution is 5.92. The second kappa shape index (κ2) is 7.91. The van der Waals surface area contributed by atoms with Gasteiger partial charge in [0.25, 0.3) is 5.91 Å². The third-order valence-corrected chi connectivity index (χ3v) is 5.49. The van der Waals surface area contributed by atoms with Gasteiger partial charge in [-0.3, -0.25) is 4.79 Å². The summed E-state index contributed by atoms with van der Waals surface area (Å²) in [6.45, 7) is 4.43. The number of aromatic hydroxyl groups is 1. The Morgan fingerprint density at radius 1 is 1.35 bits per heavy atom. The number of carbonyl (C=O) groups excluding carboxylic acids is 1. The van der Waals surface area contributed by atoms with Crippen LogP contribution in [-0.4, -0.2) is 22.0 Å². The number of benzene rings is 1. The zero-order valence-corrected chi connectivity index (χ0v) is 15.3. The molecule has 6 heteroatoms. The number of rotatable bonds is 5. The zero-order valence-electron chi connectivity index (χ0n) is 15.3. The zero-order chi connectivity index (χ0) is 18.7. The smallest absolute Gasteiger partial charge is 0.273 e. The number of hydrogen-bond acceptors (Lipinski definition) is 5. The third-order valence-electron chi connectivity index (χ3n) is 5.49. The van der Waals surface area contributed by atoms with E-state index in [0.29, 0.717) is 24.1 Å². The van der Waals surface area contributed by atoms with Gasteiger partial charge in [0.05, 0.1) is 6.04 Å². The van der Waals surface area contributed by atoms with Gasteiger partial charge in [-0.05, 0) is 42.4 Å². The average molecular weight is 357 g/mol. The molecule has 1 saturated carbocycles. The Hall–Kier alpha value is -2.34. The number of phenolic OH excluding ortho intramolecular Hbond substituents is 1. The molecule has 4 atom stereocenters. The van der Waals surface area contributed by atoms with Crippen molar-refractivity contribution in [1.29, 1.82) is 0 Å². The fourth-order valence-corrected chi connectivity index (χ4v) is 3.56. The molecule has 0 bridgehead atoms. The van der Waals surface area contributed by atoms with E-state index in [4.69, 9.17) is 10.2 Å². The summed E-state index contributed by atoms with van der Waals surface area (Å²) in [5.41, 5.74) is 7.39. The van der Waals surface area contributed by atoms with Gasteiger partial charge in [0.2, 0.25) is 5.89 Å². The van der Waals surface area contributed by atoms with Gasteiger partial charge < -0.3 is 20.6 Å². The Morgan fingerprint density at radius 2 is 2.08 bits per heavy atom. The number of hydrogen-bond donors (Lipinski definition) is 3. The molecule has 1 heterocycles. The van der Waals surface area contributed by atoms with E-state index in [1.54, 1.807) is 24.3 Å². The van der Waals surface area contributed by atoms with Gasteiger partial charge in [0.15, 0.2) is 5.69 Å². The maximum Gasteiger partial charge on any atom is 0.273 e. The number of amides is 1. The molecule has 1 aromatic heterocycles. The summed E-state index contributed by atoms with van der Waals surface area (Å²) in [4.78, 5) is 16.8. The van der Waals surface area contributed by atoms with Crippen molar-refractivity contribution < 1.29 is 14.3 Å². The van der Waals surface area contributed by atoms with Crippen molar-refractivity contribution in [3.63, 3.8) is 0 Å². The third kappa shape index (κ3) is 4.25. The van der Waals surface area contributed by atoms with Crippen LogP contribution in [0.25, 0.3) is 0 Å². The molecule has 1 aliphatic rings. The molecule has 0 saturated heterocycles. The number of carbonyl (C=O) groups is 1. The minimum absolute atomic E-state index is 0.178. The van der Waals surface area contributed by atoms with E-state index >= 15 is 0 Å². The molecule has 1 amide bonds. The van der Waals surface area contributed by atoms with E-state index < -0.39 is 6.04 Å². The number of nitrogens with two attached hydrogens (primary N) is 1. The lowest BCUT2D eigenvalue weighted by atomic mass is 9.78. The largest absolute Gasteiger partial charge is 0.508 e. The second-order valence-electron chi connectivity index (χ2n) is 7.40. The second-order valence-corrected chi connectivity index (χ2v) is 7.40. The summed E-state index contributed by atoms with van der Waals surface area (Å²) in [6, 6.07) is 6.56. The highest BCUT2D eigenvalue weighted by Crippen LogP contribution is 2.29. The normalized spacial score (nSPS) is 24.2. The minimum Gasteiger partial charge on any atom is -0.508 e. The lowest BCUT2D eigenvalue weighted by Gasteiger charge is -2.34. The molecule has 4 N–H and O–H groups in total. The SMILES string of the molecule is CC1CCCC(NC(=O)c2coc(C(N)Cc3ccc(O)cc3)n2)C1C. The van der Waals surface area contributed by atoms with Crippen molar-refractivity contribution in [3.05, 3.63) is 47.7 Å². The van der Waals surface area contributed by atoms with Gasteiger partial charge in [0.1, 0.15) is 12.0 Å². The van der Waals surface area contributed by atoms with Crippen molar-refractivity contribution >= 4 is 5.91 Å². The number of aromatic nitrogens is 1. The van der Waals surface area contributed by atoms with Crippen LogP contribution in [0, 0.1) is 11.8 Å². The van der Waals surface area contributed by atoms with E-state index in [9.17, 15) is 9.90 Å². The number of nitrogens with one attached hydrogen (secondary N) is 1. The van der Waals surface area contributed by atoms with E-state index in [2.05, 4.69) is 24.1 Å². The molecule has 6 nitrogen and oxygen atoms in total. The summed E-state index contributed by atoms with van der Waals surface area (Å²) < 4.78 is 5.43. The summed E-state index contributed by atoms with van der Waals surface area (Å²) in [5, 5.41) is 12.4. The average Bonchev–Trinajstić information content (AvgIpc) is 3.11. The van der Waals surface area contributed by atoms with E-state index in [1.165, 1.54) is 12.7 Å².